The molecule has 1 aromatic heterocycles. The van der Waals surface area contributed by atoms with E-state index in [1.165, 1.54) is 17.9 Å². The van der Waals surface area contributed by atoms with Gasteiger partial charge in [-0.15, -0.1) is 0 Å². The summed E-state index contributed by atoms with van der Waals surface area (Å²) in [5.41, 5.74) is 5.49. The standard InChI is InChI=1S/C10H9Cl2N3O2/c1-17-5-2-6(11)10(7(12)3-5)15-9(16)4-8(13)14-15/h2-4,14H,13H2,1H3. The van der Waals surface area contributed by atoms with Crippen LogP contribution in [0, 0.1) is 0 Å². The third kappa shape index (κ3) is 2.11. The molecule has 0 aliphatic heterocycles. The van der Waals surface area contributed by atoms with Crippen LogP contribution in [0.5, 0.6) is 5.75 Å². The van der Waals surface area contributed by atoms with Gasteiger partial charge in [-0.1, -0.05) is 23.2 Å². The number of nitrogens with two attached hydrogens (primary N) is 1. The number of aromatic amines is 1. The van der Waals surface area contributed by atoms with E-state index in [2.05, 4.69) is 5.10 Å². The third-order valence-electron chi connectivity index (χ3n) is 2.19. The molecule has 0 saturated heterocycles. The fourth-order valence-electron chi connectivity index (χ4n) is 1.45. The molecule has 2 aromatic rings. The van der Waals surface area contributed by atoms with Crippen LogP contribution in [0.3, 0.4) is 0 Å². The molecule has 0 amide bonds. The summed E-state index contributed by atoms with van der Waals surface area (Å²) in [4.78, 5) is 11.6. The lowest BCUT2D eigenvalue weighted by Gasteiger charge is -2.09. The van der Waals surface area contributed by atoms with Crippen LogP contribution in [0.15, 0.2) is 23.0 Å². The van der Waals surface area contributed by atoms with Crippen LogP contribution in [0.1, 0.15) is 0 Å². The van der Waals surface area contributed by atoms with Gasteiger partial charge in [0.2, 0.25) is 0 Å². The number of rotatable bonds is 2. The lowest BCUT2D eigenvalue weighted by molar-refractivity contribution is 0.415. The predicted molar refractivity (Wildman–Crippen MR) is 67.4 cm³/mol. The number of halogens is 2. The number of H-pyrrole nitrogens is 1. The quantitative estimate of drug-likeness (QED) is 0.880. The summed E-state index contributed by atoms with van der Waals surface area (Å²) in [5, 5.41) is 3.23. The van der Waals surface area contributed by atoms with E-state index < -0.39 is 0 Å². The zero-order valence-electron chi connectivity index (χ0n) is 8.83. The van der Waals surface area contributed by atoms with Crippen molar-refractivity contribution in [2.45, 2.75) is 0 Å². The van der Waals surface area contributed by atoms with E-state index in [0.29, 0.717) is 21.5 Å². The second kappa shape index (κ2) is 4.35. The van der Waals surface area contributed by atoms with Crippen molar-refractivity contribution in [1.29, 1.82) is 0 Å². The zero-order chi connectivity index (χ0) is 12.6. The fourth-order valence-corrected chi connectivity index (χ4v) is 2.09. The summed E-state index contributed by atoms with van der Waals surface area (Å²) in [7, 11) is 1.50. The first kappa shape index (κ1) is 11.9. The van der Waals surface area contributed by atoms with Crippen LogP contribution in [-0.2, 0) is 0 Å². The molecule has 3 N–H and O–H groups in total. The maximum absolute atomic E-state index is 11.6. The minimum Gasteiger partial charge on any atom is -0.497 e. The van der Waals surface area contributed by atoms with Crippen LogP contribution < -0.4 is 16.0 Å². The van der Waals surface area contributed by atoms with Crippen LogP contribution >= 0.6 is 23.2 Å². The predicted octanol–water partition coefficient (Wildman–Crippen LogP) is 2.06. The second-order valence-corrected chi connectivity index (χ2v) is 4.14. The maximum atomic E-state index is 11.6. The number of methoxy groups -OCH3 is 1. The Morgan fingerprint density at radius 1 is 1.29 bits per heavy atom. The van der Waals surface area contributed by atoms with Gasteiger partial charge >= 0.3 is 0 Å². The molecule has 0 fully saturated rings. The minimum atomic E-state index is -0.337. The molecule has 0 saturated carbocycles. The first-order valence-corrected chi connectivity index (χ1v) is 5.39. The van der Waals surface area contributed by atoms with Gasteiger partial charge in [0.15, 0.2) is 0 Å². The third-order valence-corrected chi connectivity index (χ3v) is 2.77. The van der Waals surface area contributed by atoms with Crippen LogP contribution in [0.2, 0.25) is 10.0 Å². The van der Waals surface area contributed by atoms with Crippen LogP contribution in [0.4, 0.5) is 5.82 Å². The van der Waals surface area contributed by atoms with Crippen molar-refractivity contribution in [3.05, 3.63) is 38.6 Å². The number of hydrogen-bond acceptors (Lipinski definition) is 3. The highest BCUT2D eigenvalue weighted by atomic mass is 35.5. The van der Waals surface area contributed by atoms with E-state index >= 15 is 0 Å². The van der Waals surface area contributed by atoms with Gasteiger partial charge in [-0.2, -0.15) is 0 Å². The molecular weight excluding hydrogens is 265 g/mol. The monoisotopic (exact) mass is 273 g/mol. The van der Waals surface area contributed by atoms with E-state index in [4.69, 9.17) is 33.7 Å². The number of nitrogens with one attached hydrogen (secondary N) is 1. The molecule has 0 radical (unpaired) electrons. The molecule has 0 unspecified atom stereocenters. The van der Waals surface area contributed by atoms with Gasteiger partial charge in [-0.3, -0.25) is 9.89 Å². The molecular formula is C10H9Cl2N3O2. The number of anilines is 1. The van der Waals surface area contributed by atoms with E-state index in [-0.39, 0.29) is 11.4 Å². The summed E-state index contributed by atoms with van der Waals surface area (Å²) in [6.45, 7) is 0. The van der Waals surface area contributed by atoms with Crippen molar-refractivity contribution in [3.8, 4) is 11.4 Å². The van der Waals surface area contributed by atoms with Gasteiger partial charge < -0.3 is 10.5 Å². The van der Waals surface area contributed by atoms with Crippen molar-refractivity contribution >= 4 is 29.0 Å². The Morgan fingerprint density at radius 2 is 1.88 bits per heavy atom. The average Bonchev–Trinajstić information content (AvgIpc) is 2.57. The highest BCUT2D eigenvalue weighted by Gasteiger charge is 2.13. The normalized spacial score (nSPS) is 10.5. The highest BCUT2D eigenvalue weighted by molar-refractivity contribution is 6.38. The summed E-state index contributed by atoms with van der Waals surface area (Å²) in [6.07, 6.45) is 0. The van der Waals surface area contributed by atoms with E-state index in [1.807, 2.05) is 0 Å². The van der Waals surface area contributed by atoms with Crippen molar-refractivity contribution in [2.75, 3.05) is 12.8 Å². The fraction of sp³-hybridized carbons (Fsp3) is 0.100. The Labute approximate surface area is 107 Å². The number of hydrogen-bond donors (Lipinski definition) is 2. The Bertz CT molecular complexity index is 595. The van der Waals surface area contributed by atoms with Crippen molar-refractivity contribution in [3.63, 3.8) is 0 Å². The van der Waals surface area contributed by atoms with Crippen LogP contribution in [-0.4, -0.2) is 16.9 Å². The first-order valence-electron chi connectivity index (χ1n) is 4.64. The molecule has 0 aliphatic carbocycles. The van der Waals surface area contributed by atoms with Gasteiger partial charge in [-0.05, 0) is 0 Å². The summed E-state index contributed by atoms with van der Waals surface area (Å²) >= 11 is 12.1. The van der Waals surface area contributed by atoms with Crippen molar-refractivity contribution < 1.29 is 4.74 Å². The molecule has 1 aromatic carbocycles. The summed E-state index contributed by atoms with van der Waals surface area (Å²) in [5.74, 6) is 0.745. The lowest BCUT2D eigenvalue weighted by Crippen LogP contribution is -2.14. The topological polar surface area (TPSA) is 73.0 Å². The van der Waals surface area contributed by atoms with Crippen molar-refractivity contribution in [1.82, 2.24) is 9.78 Å². The Kier molecular flexibility index (Phi) is 3.04. The maximum Gasteiger partial charge on any atom is 0.273 e. The molecule has 0 atom stereocenters. The number of aromatic nitrogens is 2. The molecule has 5 nitrogen and oxygen atoms in total. The van der Waals surface area contributed by atoms with Gasteiger partial charge in [-0.25, -0.2) is 4.68 Å². The lowest BCUT2D eigenvalue weighted by atomic mass is 10.3. The van der Waals surface area contributed by atoms with Gasteiger partial charge in [0.1, 0.15) is 17.3 Å². The Balaban J connectivity index is 2.68. The van der Waals surface area contributed by atoms with Crippen molar-refractivity contribution in [2.24, 2.45) is 0 Å². The smallest absolute Gasteiger partial charge is 0.273 e. The Morgan fingerprint density at radius 3 is 2.29 bits per heavy atom. The summed E-state index contributed by atoms with van der Waals surface area (Å²) in [6, 6.07) is 4.37. The highest BCUT2D eigenvalue weighted by Crippen LogP contribution is 2.32. The van der Waals surface area contributed by atoms with Gasteiger partial charge in [0.25, 0.3) is 5.56 Å². The van der Waals surface area contributed by atoms with E-state index in [9.17, 15) is 4.79 Å². The Hall–Kier alpha value is -1.59. The SMILES string of the molecule is COc1cc(Cl)c(-n2[nH]c(N)cc2=O)c(Cl)c1. The molecule has 0 bridgehead atoms. The van der Waals surface area contributed by atoms with Crippen LogP contribution in [0.25, 0.3) is 5.69 Å². The number of benzene rings is 1. The van der Waals surface area contributed by atoms with Gasteiger partial charge in [0, 0.05) is 18.2 Å². The largest absolute Gasteiger partial charge is 0.497 e. The summed E-state index contributed by atoms with van der Waals surface area (Å²) < 4.78 is 6.19. The van der Waals surface area contributed by atoms with E-state index in [1.54, 1.807) is 12.1 Å². The number of nitrogens with zero attached hydrogens (tertiary/aromatic N) is 1. The molecule has 90 valence electrons. The molecule has 2 rings (SSSR count). The minimum absolute atomic E-state index is 0.234. The zero-order valence-corrected chi connectivity index (χ0v) is 10.3. The van der Waals surface area contributed by atoms with Gasteiger partial charge in [0.05, 0.1) is 17.2 Å². The molecule has 17 heavy (non-hydrogen) atoms. The number of ether oxygens (including phenoxy) is 1. The molecule has 7 heteroatoms. The second-order valence-electron chi connectivity index (χ2n) is 3.32. The molecule has 0 spiro atoms. The number of nitrogen functional groups attached to an aromatic ring is 1. The average molecular weight is 274 g/mol. The first-order chi connectivity index (χ1) is 8.02. The molecule has 0 aliphatic rings. The van der Waals surface area contributed by atoms with E-state index in [0.717, 1.165) is 0 Å². The molecule has 1 heterocycles.